The number of carbonyl (C=O) groups is 1. The first-order valence-corrected chi connectivity index (χ1v) is 8.60. The molecule has 7 heteroatoms. The fourth-order valence-corrected chi connectivity index (χ4v) is 3.03. The van der Waals surface area contributed by atoms with Crippen molar-refractivity contribution in [2.75, 3.05) is 5.32 Å². The van der Waals surface area contributed by atoms with Gasteiger partial charge in [0.2, 0.25) is 0 Å². The van der Waals surface area contributed by atoms with Gasteiger partial charge in [-0.3, -0.25) is 9.48 Å². The van der Waals surface area contributed by atoms with E-state index in [1.807, 2.05) is 12.1 Å². The Bertz CT molecular complexity index is 895. The van der Waals surface area contributed by atoms with Gasteiger partial charge in [-0.15, -0.1) is 0 Å². The molecule has 3 aromatic rings. The molecule has 0 aliphatic heterocycles. The first kappa shape index (κ1) is 17.0. The van der Waals surface area contributed by atoms with Crippen LogP contribution in [-0.2, 0) is 6.54 Å². The third kappa shape index (κ3) is 4.17. The van der Waals surface area contributed by atoms with Gasteiger partial charge in [0.1, 0.15) is 0 Å². The molecule has 2 aromatic carbocycles. The molecule has 0 spiro atoms. The lowest BCUT2D eigenvalue weighted by Crippen LogP contribution is -2.12. The predicted octanol–water partition coefficient (Wildman–Crippen LogP) is 5.25. The molecule has 3 rings (SSSR count). The number of anilines is 1. The summed E-state index contributed by atoms with van der Waals surface area (Å²) in [7, 11) is 0. The van der Waals surface area contributed by atoms with Crippen LogP contribution < -0.4 is 5.32 Å². The average molecular weight is 425 g/mol. The van der Waals surface area contributed by atoms with E-state index >= 15 is 0 Å². The lowest BCUT2D eigenvalue weighted by molar-refractivity contribution is 0.102. The van der Waals surface area contributed by atoms with Crippen LogP contribution in [0.2, 0.25) is 10.0 Å². The van der Waals surface area contributed by atoms with Gasteiger partial charge in [-0.1, -0.05) is 51.3 Å². The fraction of sp³-hybridized carbons (Fsp3) is 0.0588. The molecule has 1 aromatic heterocycles. The minimum absolute atomic E-state index is 0.217. The maximum absolute atomic E-state index is 12.2. The van der Waals surface area contributed by atoms with Crippen LogP contribution in [0.5, 0.6) is 0 Å². The molecule has 24 heavy (non-hydrogen) atoms. The molecule has 122 valence electrons. The summed E-state index contributed by atoms with van der Waals surface area (Å²) in [6.45, 7) is 0.489. The number of hydrogen-bond acceptors (Lipinski definition) is 2. The molecule has 1 amide bonds. The predicted molar refractivity (Wildman–Crippen MR) is 99.9 cm³/mol. The topological polar surface area (TPSA) is 46.9 Å². The molecular formula is C17H12BrCl2N3O. The molecule has 0 radical (unpaired) electrons. The zero-order chi connectivity index (χ0) is 17.1. The van der Waals surface area contributed by atoms with E-state index in [1.165, 1.54) is 0 Å². The van der Waals surface area contributed by atoms with Crippen molar-refractivity contribution < 1.29 is 4.79 Å². The van der Waals surface area contributed by atoms with Gasteiger partial charge >= 0.3 is 0 Å². The van der Waals surface area contributed by atoms with Gasteiger partial charge in [0.05, 0.1) is 6.54 Å². The Morgan fingerprint density at radius 3 is 2.75 bits per heavy atom. The smallest absolute Gasteiger partial charge is 0.256 e. The Labute approximate surface area is 157 Å². The highest BCUT2D eigenvalue weighted by Gasteiger charge is 2.09. The summed E-state index contributed by atoms with van der Waals surface area (Å²) in [5, 5.41) is 8.28. The van der Waals surface area contributed by atoms with Crippen LogP contribution in [-0.4, -0.2) is 15.7 Å². The zero-order valence-corrected chi connectivity index (χ0v) is 15.4. The highest BCUT2D eigenvalue weighted by atomic mass is 79.9. The summed E-state index contributed by atoms with van der Waals surface area (Å²) in [4.78, 5) is 12.2. The molecular weight excluding hydrogens is 413 g/mol. The third-order valence-electron chi connectivity index (χ3n) is 3.32. The number of benzene rings is 2. The van der Waals surface area contributed by atoms with Crippen molar-refractivity contribution in [1.29, 1.82) is 0 Å². The second kappa shape index (κ2) is 7.38. The maximum atomic E-state index is 12.2. The SMILES string of the molecule is O=C(Nc1ccn(Cc2ccc(Cl)cc2Cl)n1)c1cccc(Br)c1. The van der Waals surface area contributed by atoms with E-state index in [4.69, 9.17) is 23.2 Å². The van der Waals surface area contributed by atoms with Crippen molar-refractivity contribution in [1.82, 2.24) is 9.78 Å². The van der Waals surface area contributed by atoms with Gasteiger partial charge < -0.3 is 5.32 Å². The van der Waals surface area contributed by atoms with Crippen molar-refractivity contribution in [3.63, 3.8) is 0 Å². The Morgan fingerprint density at radius 2 is 2.00 bits per heavy atom. The molecule has 0 bridgehead atoms. The Hall–Kier alpha value is -1.82. The third-order valence-corrected chi connectivity index (χ3v) is 4.40. The van der Waals surface area contributed by atoms with Gasteiger partial charge in [0, 0.05) is 32.3 Å². The minimum Gasteiger partial charge on any atom is -0.305 e. The normalized spacial score (nSPS) is 10.6. The number of halogens is 3. The monoisotopic (exact) mass is 423 g/mol. The summed E-state index contributed by atoms with van der Waals surface area (Å²) in [5.41, 5.74) is 1.45. The van der Waals surface area contributed by atoms with Crippen molar-refractivity contribution in [3.8, 4) is 0 Å². The molecule has 0 aliphatic carbocycles. The molecule has 0 aliphatic rings. The van der Waals surface area contributed by atoms with Crippen molar-refractivity contribution in [3.05, 3.63) is 80.4 Å². The van der Waals surface area contributed by atoms with E-state index < -0.39 is 0 Å². The number of carbonyl (C=O) groups excluding carboxylic acids is 1. The Morgan fingerprint density at radius 1 is 1.17 bits per heavy atom. The van der Waals surface area contributed by atoms with Gasteiger partial charge in [-0.25, -0.2) is 0 Å². The summed E-state index contributed by atoms with van der Waals surface area (Å²) in [5.74, 6) is 0.260. The summed E-state index contributed by atoms with van der Waals surface area (Å²) < 4.78 is 2.55. The van der Waals surface area contributed by atoms with Crippen molar-refractivity contribution >= 4 is 50.9 Å². The Balaban J connectivity index is 1.70. The van der Waals surface area contributed by atoms with E-state index in [9.17, 15) is 4.79 Å². The van der Waals surface area contributed by atoms with Crippen molar-refractivity contribution in [2.24, 2.45) is 0 Å². The molecule has 1 heterocycles. The molecule has 4 nitrogen and oxygen atoms in total. The van der Waals surface area contributed by atoms with Crippen LogP contribution in [0.1, 0.15) is 15.9 Å². The molecule has 0 fully saturated rings. The number of hydrogen-bond donors (Lipinski definition) is 1. The standard InChI is InChI=1S/C17H12BrCl2N3O/c18-13-3-1-2-11(8-13)17(24)21-16-6-7-23(22-16)10-12-4-5-14(19)9-15(12)20/h1-9H,10H2,(H,21,22,24). The highest BCUT2D eigenvalue weighted by Crippen LogP contribution is 2.22. The minimum atomic E-state index is -0.217. The quantitative estimate of drug-likeness (QED) is 0.621. The lowest BCUT2D eigenvalue weighted by atomic mass is 10.2. The fourth-order valence-electron chi connectivity index (χ4n) is 2.16. The van der Waals surface area contributed by atoms with Crippen LogP contribution in [0.15, 0.2) is 59.2 Å². The van der Waals surface area contributed by atoms with Gasteiger partial charge in [0.25, 0.3) is 5.91 Å². The van der Waals surface area contributed by atoms with Crippen LogP contribution in [0.4, 0.5) is 5.82 Å². The largest absolute Gasteiger partial charge is 0.305 e. The Kier molecular flexibility index (Phi) is 5.23. The lowest BCUT2D eigenvalue weighted by Gasteiger charge is -2.05. The van der Waals surface area contributed by atoms with Crippen LogP contribution in [0, 0.1) is 0 Å². The summed E-state index contributed by atoms with van der Waals surface area (Å²) in [6.07, 6.45) is 1.78. The van der Waals surface area contributed by atoms with Crippen LogP contribution in [0.25, 0.3) is 0 Å². The first-order chi connectivity index (χ1) is 11.5. The second-order valence-corrected chi connectivity index (χ2v) is 6.86. The number of rotatable bonds is 4. The maximum Gasteiger partial charge on any atom is 0.256 e. The number of nitrogens with zero attached hydrogens (tertiary/aromatic N) is 2. The van der Waals surface area contributed by atoms with E-state index in [2.05, 4.69) is 26.3 Å². The van der Waals surface area contributed by atoms with Crippen molar-refractivity contribution in [2.45, 2.75) is 6.54 Å². The van der Waals surface area contributed by atoms with E-state index in [0.29, 0.717) is 28.0 Å². The number of aromatic nitrogens is 2. The molecule has 0 saturated carbocycles. The van der Waals surface area contributed by atoms with Crippen LogP contribution >= 0.6 is 39.1 Å². The molecule has 0 unspecified atom stereocenters. The van der Waals surface area contributed by atoms with Crippen LogP contribution in [0.3, 0.4) is 0 Å². The number of amides is 1. The van der Waals surface area contributed by atoms with Gasteiger partial charge in [-0.2, -0.15) is 5.10 Å². The van der Waals surface area contributed by atoms with E-state index in [-0.39, 0.29) is 5.91 Å². The van der Waals surface area contributed by atoms with E-state index in [1.54, 1.807) is 47.3 Å². The molecule has 1 N–H and O–H groups in total. The van der Waals surface area contributed by atoms with Gasteiger partial charge in [-0.05, 0) is 35.9 Å². The summed E-state index contributed by atoms with van der Waals surface area (Å²) >= 11 is 15.4. The highest BCUT2D eigenvalue weighted by molar-refractivity contribution is 9.10. The average Bonchev–Trinajstić information content (AvgIpc) is 2.97. The zero-order valence-electron chi connectivity index (χ0n) is 12.3. The molecule has 0 atom stereocenters. The second-order valence-electron chi connectivity index (χ2n) is 5.10. The number of nitrogens with one attached hydrogen (secondary N) is 1. The molecule has 0 saturated heterocycles. The summed E-state index contributed by atoms with van der Waals surface area (Å²) in [6, 6.07) is 14.2. The van der Waals surface area contributed by atoms with E-state index in [0.717, 1.165) is 10.0 Å². The first-order valence-electron chi connectivity index (χ1n) is 7.05. The van der Waals surface area contributed by atoms with Gasteiger partial charge in [0.15, 0.2) is 5.82 Å².